The summed E-state index contributed by atoms with van der Waals surface area (Å²) in [5.74, 6) is -0.152. The van der Waals surface area contributed by atoms with Crippen LogP contribution in [0.15, 0.2) is 66.2 Å². The smallest absolute Gasteiger partial charge is 0.338 e. The van der Waals surface area contributed by atoms with Gasteiger partial charge >= 0.3 is 11.9 Å². The van der Waals surface area contributed by atoms with Gasteiger partial charge in [-0.3, -0.25) is 4.79 Å². The van der Waals surface area contributed by atoms with E-state index < -0.39 is 14.3 Å². The van der Waals surface area contributed by atoms with Gasteiger partial charge in [-0.1, -0.05) is 113 Å². The Morgan fingerprint density at radius 2 is 1.54 bits per heavy atom. The van der Waals surface area contributed by atoms with Gasteiger partial charge in [0.05, 0.1) is 5.56 Å². The molecule has 5 nitrogen and oxygen atoms in total. The highest BCUT2D eigenvalue weighted by Gasteiger charge is 2.41. The Kier molecular flexibility index (Phi) is 13.3. The summed E-state index contributed by atoms with van der Waals surface area (Å²) in [6.45, 7) is 11.8. The lowest BCUT2D eigenvalue weighted by molar-refractivity contribution is -0.137. The molecule has 1 saturated carbocycles. The lowest BCUT2D eigenvalue weighted by Gasteiger charge is -2.42. The standard InChI is InChI=1S/C40H58O5Si/c1-40(2,3)46(4,5)45-36(33-18-12-9-13-19-33)28-26-32-27-29-37(35(32)20-14-6-7-15-21-38(41)42)44-39(43)34-24-22-31(23-25-34)30-16-10-8-11-17-30/h8,10-11,16-17,22-25,27,33,35-37H,6-7,9,12-15,18-21,26,28-29H2,1-5H3,(H,41,42)/t35-,36+,37+/m1/s1. The predicted molar refractivity (Wildman–Crippen MR) is 190 cm³/mol. The Morgan fingerprint density at radius 1 is 0.891 bits per heavy atom. The molecule has 0 unspecified atom stereocenters. The molecule has 0 aliphatic heterocycles. The summed E-state index contributed by atoms with van der Waals surface area (Å²) in [5.41, 5.74) is 4.21. The number of carbonyl (C=O) groups is 2. The number of unbranched alkanes of at least 4 members (excludes halogenated alkanes) is 3. The molecule has 0 bridgehead atoms. The number of benzene rings is 2. The molecule has 0 aromatic heterocycles. The number of carbonyl (C=O) groups excluding carboxylic acids is 1. The molecule has 0 radical (unpaired) electrons. The van der Waals surface area contributed by atoms with Gasteiger partial charge < -0.3 is 14.3 Å². The van der Waals surface area contributed by atoms with Gasteiger partial charge in [-0.25, -0.2) is 4.79 Å². The molecule has 0 heterocycles. The highest BCUT2D eigenvalue weighted by atomic mass is 28.4. The first kappa shape index (κ1) is 36.1. The van der Waals surface area contributed by atoms with Gasteiger partial charge in [0.25, 0.3) is 0 Å². The zero-order valence-electron chi connectivity index (χ0n) is 29.1. The molecule has 2 aliphatic carbocycles. The first-order valence-corrected chi connectivity index (χ1v) is 20.8. The van der Waals surface area contributed by atoms with Gasteiger partial charge in [-0.05, 0) is 85.8 Å². The minimum Gasteiger partial charge on any atom is -0.481 e. The van der Waals surface area contributed by atoms with E-state index in [0.29, 0.717) is 17.9 Å². The van der Waals surface area contributed by atoms with Crippen molar-refractivity contribution in [2.75, 3.05) is 0 Å². The van der Waals surface area contributed by atoms with Crippen LogP contribution in [0.3, 0.4) is 0 Å². The van der Waals surface area contributed by atoms with E-state index in [2.05, 4.69) is 52.1 Å². The van der Waals surface area contributed by atoms with E-state index in [4.69, 9.17) is 14.3 Å². The predicted octanol–water partition coefficient (Wildman–Crippen LogP) is 11.0. The number of aliphatic carboxylic acids is 1. The molecule has 2 aliphatic rings. The van der Waals surface area contributed by atoms with E-state index >= 15 is 0 Å². The average Bonchev–Trinajstić information content (AvgIpc) is 3.41. The van der Waals surface area contributed by atoms with E-state index in [9.17, 15) is 9.59 Å². The van der Waals surface area contributed by atoms with Crippen molar-refractivity contribution in [3.05, 3.63) is 71.8 Å². The largest absolute Gasteiger partial charge is 0.481 e. The number of hydrogen-bond donors (Lipinski definition) is 1. The van der Waals surface area contributed by atoms with E-state index in [1.54, 1.807) is 0 Å². The summed E-state index contributed by atoms with van der Waals surface area (Å²) in [6, 6.07) is 17.9. The summed E-state index contributed by atoms with van der Waals surface area (Å²) in [6.07, 6.45) is 16.5. The summed E-state index contributed by atoms with van der Waals surface area (Å²) in [5, 5.41) is 9.19. The zero-order chi connectivity index (χ0) is 33.2. The van der Waals surface area contributed by atoms with Gasteiger partial charge in [0, 0.05) is 24.9 Å². The van der Waals surface area contributed by atoms with Gasteiger partial charge in [0.1, 0.15) is 6.10 Å². The summed E-state index contributed by atoms with van der Waals surface area (Å²) >= 11 is 0. The van der Waals surface area contributed by atoms with Crippen molar-refractivity contribution in [2.24, 2.45) is 11.8 Å². The minimum absolute atomic E-state index is 0.162. The highest BCUT2D eigenvalue weighted by Crippen LogP contribution is 2.42. The molecule has 6 heteroatoms. The van der Waals surface area contributed by atoms with Crippen molar-refractivity contribution in [2.45, 2.75) is 141 Å². The van der Waals surface area contributed by atoms with Crippen molar-refractivity contribution in [1.82, 2.24) is 0 Å². The first-order valence-electron chi connectivity index (χ1n) is 17.9. The SMILES string of the molecule is CC(C)(C)[Si](C)(C)O[C@@H](CCC1=CC[C@H](OC(=O)c2ccc(-c3ccccc3)cc2)[C@@H]1CCCCCCC(=O)O)C1CCCCC1. The first-order chi connectivity index (χ1) is 21.9. The molecule has 2 aromatic carbocycles. The Bertz CT molecular complexity index is 1270. The average molecular weight is 647 g/mol. The maximum absolute atomic E-state index is 13.4. The van der Waals surface area contributed by atoms with Gasteiger partial charge in [-0.15, -0.1) is 0 Å². The normalized spacial score (nSPS) is 19.9. The molecule has 1 N–H and O–H groups in total. The molecule has 3 atom stereocenters. The van der Waals surface area contributed by atoms with Crippen LogP contribution in [0.4, 0.5) is 0 Å². The second-order valence-corrected chi connectivity index (χ2v) is 20.0. The van der Waals surface area contributed by atoms with Crippen LogP contribution in [0.25, 0.3) is 11.1 Å². The molecule has 0 saturated heterocycles. The molecule has 46 heavy (non-hydrogen) atoms. The van der Waals surface area contributed by atoms with E-state index in [-0.39, 0.29) is 35.6 Å². The maximum atomic E-state index is 13.4. The van der Waals surface area contributed by atoms with Crippen LogP contribution in [0, 0.1) is 11.8 Å². The van der Waals surface area contributed by atoms with Crippen LogP contribution in [-0.2, 0) is 14.0 Å². The van der Waals surface area contributed by atoms with Crippen molar-refractivity contribution in [1.29, 1.82) is 0 Å². The number of carboxylic acids is 1. The summed E-state index contributed by atoms with van der Waals surface area (Å²) in [4.78, 5) is 24.3. The number of carboxylic acid groups (broad SMARTS) is 1. The fraction of sp³-hybridized carbons (Fsp3) is 0.600. The number of esters is 1. The monoisotopic (exact) mass is 646 g/mol. The Balaban J connectivity index is 1.43. The number of rotatable bonds is 16. The van der Waals surface area contributed by atoms with Crippen LogP contribution in [-0.4, -0.2) is 37.6 Å². The van der Waals surface area contributed by atoms with Crippen LogP contribution in [0.5, 0.6) is 0 Å². The lowest BCUT2D eigenvalue weighted by atomic mass is 9.82. The fourth-order valence-corrected chi connectivity index (χ4v) is 8.42. The molecule has 252 valence electrons. The number of ether oxygens (including phenoxy) is 1. The Morgan fingerprint density at radius 3 is 2.20 bits per heavy atom. The van der Waals surface area contributed by atoms with Gasteiger partial charge in [-0.2, -0.15) is 0 Å². The Labute approximate surface area is 279 Å². The van der Waals surface area contributed by atoms with Crippen LogP contribution in [0.2, 0.25) is 18.1 Å². The lowest BCUT2D eigenvalue weighted by Crippen LogP contribution is -2.46. The van der Waals surface area contributed by atoms with Gasteiger partial charge in [0.2, 0.25) is 0 Å². The second-order valence-electron chi connectivity index (χ2n) is 15.2. The third kappa shape index (κ3) is 10.4. The third-order valence-electron chi connectivity index (χ3n) is 10.8. The summed E-state index contributed by atoms with van der Waals surface area (Å²) < 4.78 is 13.4. The topological polar surface area (TPSA) is 72.8 Å². The van der Waals surface area contributed by atoms with Crippen molar-refractivity contribution < 1.29 is 23.9 Å². The van der Waals surface area contributed by atoms with Crippen LogP contribution < -0.4 is 0 Å². The minimum atomic E-state index is -1.92. The Hall–Kier alpha value is -2.70. The molecule has 1 fully saturated rings. The van der Waals surface area contributed by atoms with E-state index in [1.807, 2.05) is 42.5 Å². The number of hydrogen-bond acceptors (Lipinski definition) is 4. The second kappa shape index (κ2) is 16.9. The van der Waals surface area contributed by atoms with Gasteiger partial charge in [0.15, 0.2) is 8.32 Å². The summed E-state index contributed by atoms with van der Waals surface area (Å²) in [7, 11) is -1.92. The third-order valence-corrected chi connectivity index (χ3v) is 15.3. The highest BCUT2D eigenvalue weighted by molar-refractivity contribution is 6.74. The zero-order valence-corrected chi connectivity index (χ0v) is 30.1. The van der Waals surface area contributed by atoms with E-state index in [0.717, 1.165) is 56.1 Å². The molecule has 0 amide bonds. The van der Waals surface area contributed by atoms with Crippen LogP contribution in [0.1, 0.15) is 121 Å². The fourth-order valence-electron chi connectivity index (χ4n) is 7.00. The molecule has 2 aromatic rings. The molecular weight excluding hydrogens is 589 g/mol. The molecule has 0 spiro atoms. The quantitative estimate of drug-likeness (QED) is 0.0850. The maximum Gasteiger partial charge on any atom is 0.338 e. The molecular formula is C40H58O5Si. The molecule has 4 rings (SSSR count). The van der Waals surface area contributed by atoms with Crippen molar-refractivity contribution in [3.8, 4) is 11.1 Å². The van der Waals surface area contributed by atoms with E-state index in [1.165, 1.54) is 37.7 Å². The van der Waals surface area contributed by atoms with Crippen LogP contribution >= 0.6 is 0 Å². The van der Waals surface area contributed by atoms with Crippen molar-refractivity contribution in [3.63, 3.8) is 0 Å². The van der Waals surface area contributed by atoms with Crippen molar-refractivity contribution >= 4 is 20.3 Å².